The average molecular weight is 418 g/mol. The number of amides is 2. The lowest BCUT2D eigenvalue weighted by molar-refractivity contribution is -0.130. The number of aromatic nitrogens is 2. The summed E-state index contributed by atoms with van der Waals surface area (Å²) in [6, 6.07) is 15.2. The van der Waals surface area contributed by atoms with Gasteiger partial charge >= 0.3 is 0 Å². The third-order valence-corrected chi connectivity index (χ3v) is 6.08. The molecule has 0 aliphatic carbocycles. The van der Waals surface area contributed by atoms with Crippen LogP contribution in [0.25, 0.3) is 21.5 Å². The fourth-order valence-corrected chi connectivity index (χ4v) is 4.39. The van der Waals surface area contributed by atoms with Gasteiger partial charge in [0.25, 0.3) is 5.91 Å². The maximum absolute atomic E-state index is 13.0. The van der Waals surface area contributed by atoms with Gasteiger partial charge in [-0.05, 0) is 35.9 Å². The van der Waals surface area contributed by atoms with E-state index in [1.54, 1.807) is 15.9 Å². The number of rotatable bonds is 6. The molecule has 1 aliphatic heterocycles. The number of benzene rings is 2. The molecular weight excluding hydrogens is 400 g/mol. The number of carbonyl (C=O) groups excluding carboxylic acids is 2. The molecule has 1 aliphatic rings. The minimum atomic E-state index is -0.175. The van der Waals surface area contributed by atoms with Crippen molar-refractivity contribution in [3.05, 3.63) is 65.4 Å². The third kappa shape index (κ3) is 3.05. The largest absolute Gasteiger partial charge is 0.337 e. The maximum atomic E-state index is 13.0. The summed E-state index contributed by atoms with van der Waals surface area (Å²) in [6.45, 7) is 2.52. The summed E-state index contributed by atoms with van der Waals surface area (Å²) in [6.07, 6.45) is 0. The van der Waals surface area contributed by atoms with Crippen LogP contribution in [-0.4, -0.2) is 39.9 Å². The van der Waals surface area contributed by atoms with E-state index >= 15 is 0 Å². The molecule has 4 aromatic rings. The number of hydrogen-bond acceptors (Lipinski definition) is 6. The van der Waals surface area contributed by atoms with Crippen LogP contribution in [0.4, 0.5) is 5.69 Å². The standard InChI is InChI=1S/C22H18N4O3S/c1-2-25(12-18-23-21(24-29-18)17-10-5-11-30-17)19(27)13-26-16-9-4-7-14-6-3-8-15(20(14)16)22(26)28/h3-11H,2,12-13H2,1H3. The Morgan fingerprint density at radius 1 is 1.17 bits per heavy atom. The first-order valence-corrected chi connectivity index (χ1v) is 10.5. The van der Waals surface area contributed by atoms with Crippen molar-refractivity contribution in [3.63, 3.8) is 0 Å². The van der Waals surface area contributed by atoms with E-state index in [4.69, 9.17) is 4.52 Å². The molecule has 0 unspecified atom stereocenters. The average Bonchev–Trinajstić information content (AvgIpc) is 3.50. The molecule has 2 aromatic heterocycles. The first-order valence-electron chi connectivity index (χ1n) is 9.63. The summed E-state index contributed by atoms with van der Waals surface area (Å²) < 4.78 is 5.33. The van der Waals surface area contributed by atoms with Crippen molar-refractivity contribution in [2.24, 2.45) is 0 Å². The van der Waals surface area contributed by atoms with Gasteiger partial charge in [0.1, 0.15) is 13.1 Å². The Morgan fingerprint density at radius 3 is 2.77 bits per heavy atom. The van der Waals surface area contributed by atoms with Gasteiger partial charge in [-0.1, -0.05) is 35.5 Å². The highest BCUT2D eigenvalue weighted by molar-refractivity contribution is 7.13. The Morgan fingerprint density at radius 2 is 2.00 bits per heavy atom. The van der Waals surface area contributed by atoms with Crippen molar-refractivity contribution in [2.45, 2.75) is 13.5 Å². The molecule has 0 spiro atoms. The number of anilines is 1. The van der Waals surface area contributed by atoms with Crippen LogP contribution in [0, 0.1) is 0 Å². The quantitative estimate of drug-likeness (QED) is 0.474. The van der Waals surface area contributed by atoms with E-state index in [2.05, 4.69) is 10.1 Å². The van der Waals surface area contributed by atoms with Gasteiger partial charge in [0, 0.05) is 17.5 Å². The molecule has 0 atom stereocenters. The number of likely N-dealkylation sites (N-methyl/N-ethyl adjacent to an activating group) is 1. The van der Waals surface area contributed by atoms with E-state index in [0.29, 0.717) is 23.8 Å². The molecule has 0 fully saturated rings. The summed E-state index contributed by atoms with van der Waals surface area (Å²) in [5.74, 6) is 0.558. The van der Waals surface area contributed by atoms with Crippen molar-refractivity contribution < 1.29 is 14.1 Å². The molecule has 30 heavy (non-hydrogen) atoms. The fourth-order valence-electron chi connectivity index (χ4n) is 3.74. The molecule has 0 bridgehead atoms. The summed E-state index contributed by atoms with van der Waals surface area (Å²) >= 11 is 1.52. The van der Waals surface area contributed by atoms with E-state index < -0.39 is 0 Å². The Labute approximate surface area is 176 Å². The molecule has 0 saturated heterocycles. The fraction of sp³-hybridized carbons (Fsp3) is 0.182. The molecule has 5 rings (SSSR count). The summed E-state index contributed by atoms with van der Waals surface area (Å²) in [4.78, 5) is 34.4. The lowest BCUT2D eigenvalue weighted by Crippen LogP contribution is -2.41. The van der Waals surface area contributed by atoms with Gasteiger partial charge in [0.05, 0.1) is 10.6 Å². The van der Waals surface area contributed by atoms with Crippen molar-refractivity contribution in [1.29, 1.82) is 0 Å². The minimum absolute atomic E-state index is 0.0353. The number of thiophene rings is 1. The predicted molar refractivity (Wildman–Crippen MR) is 114 cm³/mol. The van der Waals surface area contributed by atoms with Gasteiger partial charge < -0.3 is 9.42 Å². The zero-order valence-electron chi connectivity index (χ0n) is 16.2. The van der Waals surface area contributed by atoms with Crippen molar-refractivity contribution >= 4 is 39.6 Å². The van der Waals surface area contributed by atoms with Gasteiger partial charge in [-0.3, -0.25) is 14.5 Å². The van der Waals surface area contributed by atoms with Crippen molar-refractivity contribution in [1.82, 2.24) is 15.0 Å². The smallest absolute Gasteiger partial charge is 0.259 e. The van der Waals surface area contributed by atoms with E-state index in [9.17, 15) is 9.59 Å². The highest BCUT2D eigenvalue weighted by Crippen LogP contribution is 2.37. The van der Waals surface area contributed by atoms with E-state index in [0.717, 1.165) is 21.3 Å². The zero-order valence-corrected chi connectivity index (χ0v) is 17.1. The number of carbonyl (C=O) groups is 2. The zero-order chi connectivity index (χ0) is 20.7. The summed E-state index contributed by atoms with van der Waals surface area (Å²) in [7, 11) is 0. The maximum Gasteiger partial charge on any atom is 0.259 e. The predicted octanol–water partition coefficient (Wildman–Crippen LogP) is 3.96. The lowest BCUT2D eigenvalue weighted by atomic mass is 10.1. The van der Waals surface area contributed by atoms with Crippen LogP contribution in [-0.2, 0) is 11.3 Å². The Balaban J connectivity index is 1.35. The molecule has 3 heterocycles. The van der Waals surface area contributed by atoms with Crippen LogP contribution in [0.5, 0.6) is 0 Å². The number of hydrogen-bond donors (Lipinski definition) is 0. The second-order valence-electron chi connectivity index (χ2n) is 6.97. The first kappa shape index (κ1) is 18.5. The van der Waals surface area contributed by atoms with Crippen LogP contribution in [0.2, 0.25) is 0 Å². The molecule has 8 heteroatoms. The molecule has 150 valence electrons. The van der Waals surface area contributed by atoms with Crippen LogP contribution in [0.1, 0.15) is 23.2 Å². The van der Waals surface area contributed by atoms with Crippen molar-refractivity contribution in [2.75, 3.05) is 18.0 Å². The molecular formula is C22H18N4O3S. The molecule has 7 nitrogen and oxygen atoms in total. The van der Waals surface area contributed by atoms with Crippen LogP contribution >= 0.6 is 11.3 Å². The van der Waals surface area contributed by atoms with Crippen LogP contribution in [0.15, 0.2) is 58.4 Å². The molecule has 0 saturated carbocycles. The van der Waals surface area contributed by atoms with Crippen LogP contribution in [0.3, 0.4) is 0 Å². The first-order chi connectivity index (χ1) is 14.7. The van der Waals surface area contributed by atoms with Gasteiger partial charge in [0.2, 0.25) is 17.6 Å². The Bertz CT molecular complexity index is 1240. The Hall–Kier alpha value is -3.52. The van der Waals surface area contributed by atoms with E-state index in [1.807, 2.05) is 54.8 Å². The van der Waals surface area contributed by atoms with Gasteiger partial charge in [-0.15, -0.1) is 11.3 Å². The Kier molecular flexibility index (Phi) is 4.55. The number of nitrogens with zero attached hydrogens (tertiary/aromatic N) is 4. The molecule has 2 aromatic carbocycles. The lowest BCUT2D eigenvalue weighted by Gasteiger charge is -2.23. The molecule has 0 radical (unpaired) electrons. The summed E-state index contributed by atoms with van der Waals surface area (Å²) in [5.41, 5.74) is 1.41. The summed E-state index contributed by atoms with van der Waals surface area (Å²) in [5, 5.41) is 7.83. The van der Waals surface area contributed by atoms with E-state index in [-0.39, 0.29) is 24.9 Å². The monoisotopic (exact) mass is 418 g/mol. The molecule has 2 amide bonds. The normalized spacial score (nSPS) is 12.7. The minimum Gasteiger partial charge on any atom is -0.337 e. The second-order valence-corrected chi connectivity index (χ2v) is 7.92. The van der Waals surface area contributed by atoms with Gasteiger partial charge in [-0.25, -0.2) is 0 Å². The van der Waals surface area contributed by atoms with E-state index in [1.165, 1.54) is 11.3 Å². The highest BCUT2D eigenvalue weighted by atomic mass is 32.1. The highest BCUT2D eigenvalue weighted by Gasteiger charge is 2.32. The van der Waals surface area contributed by atoms with Gasteiger partial charge in [0.15, 0.2) is 0 Å². The SMILES string of the molecule is CCN(Cc1nc(-c2cccs2)no1)C(=O)CN1C(=O)c2cccc3cccc1c23. The third-order valence-electron chi connectivity index (χ3n) is 5.21. The van der Waals surface area contributed by atoms with Gasteiger partial charge in [-0.2, -0.15) is 4.98 Å². The second kappa shape index (κ2) is 7.38. The topological polar surface area (TPSA) is 79.5 Å². The van der Waals surface area contributed by atoms with Crippen molar-refractivity contribution in [3.8, 4) is 10.7 Å². The van der Waals surface area contributed by atoms with Crippen LogP contribution < -0.4 is 4.90 Å². The molecule has 0 N–H and O–H groups in total.